The second-order valence-electron chi connectivity index (χ2n) is 5.77. The highest BCUT2D eigenvalue weighted by Crippen LogP contribution is 2.25. The molecule has 2 aromatic carbocycles. The first-order valence-electron chi connectivity index (χ1n) is 7.61. The van der Waals surface area contributed by atoms with Crippen molar-refractivity contribution in [1.29, 1.82) is 0 Å². The third-order valence-corrected chi connectivity index (χ3v) is 3.82. The number of nitro benzene ring substituents is 1. The minimum Gasteiger partial charge on any atom is -0.377 e. The van der Waals surface area contributed by atoms with Gasteiger partial charge in [0.15, 0.2) is 0 Å². The molecule has 3 aromatic rings. The average molecular weight is 353 g/mol. The number of aromatic amines is 1. The van der Waals surface area contributed by atoms with Crippen molar-refractivity contribution in [3.63, 3.8) is 0 Å². The zero-order valence-corrected chi connectivity index (χ0v) is 14.0. The number of nitrogens with one attached hydrogen (secondary N) is 2. The number of hydrogen-bond donors (Lipinski definition) is 2. The molecule has 0 saturated heterocycles. The number of carbonyl (C=O) groups excluding carboxylic acids is 1. The minimum absolute atomic E-state index is 0.157. The summed E-state index contributed by atoms with van der Waals surface area (Å²) in [4.78, 5) is 43.2. The molecular weight excluding hydrogens is 338 g/mol. The molecule has 0 bridgehead atoms. The van der Waals surface area contributed by atoms with Crippen molar-refractivity contribution in [2.75, 3.05) is 24.3 Å². The molecular formula is C17H15N5O4. The molecule has 9 nitrogen and oxygen atoms in total. The lowest BCUT2D eigenvalue weighted by atomic mass is 10.1. The molecule has 1 aromatic heterocycles. The van der Waals surface area contributed by atoms with Crippen molar-refractivity contribution < 1.29 is 9.72 Å². The Labute approximate surface area is 147 Å². The Morgan fingerprint density at radius 3 is 2.69 bits per heavy atom. The van der Waals surface area contributed by atoms with Crippen LogP contribution in [0.4, 0.5) is 17.1 Å². The largest absolute Gasteiger partial charge is 0.377 e. The molecule has 132 valence electrons. The highest BCUT2D eigenvalue weighted by molar-refractivity contribution is 6.09. The van der Waals surface area contributed by atoms with Crippen LogP contribution in [0.25, 0.3) is 10.9 Å². The van der Waals surface area contributed by atoms with E-state index in [0.29, 0.717) is 22.3 Å². The van der Waals surface area contributed by atoms with Crippen LogP contribution in [-0.4, -0.2) is 34.9 Å². The van der Waals surface area contributed by atoms with Gasteiger partial charge in [-0.15, -0.1) is 0 Å². The third kappa shape index (κ3) is 3.22. The van der Waals surface area contributed by atoms with E-state index in [4.69, 9.17) is 0 Å². The number of rotatable bonds is 4. The predicted molar refractivity (Wildman–Crippen MR) is 97.7 cm³/mol. The Kier molecular flexibility index (Phi) is 4.36. The lowest BCUT2D eigenvalue weighted by Gasteiger charge is -2.17. The molecule has 26 heavy (non-hydrogen) atoms. The highest BCUT2D eigenvalue weighted by atomic mass is 16.6. The highest BCUT2D eigenvalue weighted by Gasteiger charge is 2.18. The van der Waals surface area contributed by atoms with Gasteiger partial charge in [-0.05, 0) is 24.3 Å². The first kappa shape index (κ1) is 17.1. The van der Waals surface area contributed by atoms with Crippen LogP contribution in [-0.2, 0) is 0 Å². The number of aromatic nitrogens is 2. The lowest BCUT2D eigenvalue weighted by Crippen LogP contribution is -2.19. The summed E-state index contributed by atoms with van der Waals surface area (Å²) in [6, 6.07) is 8.81. The maximum atomic E-state index is 12.7. The van der Waals surface area contributed by atoms with Crippen molar-refractivity contribution in [2.24, 2.45) is 0 Å². The number of H-pyrrole nitrogens is 1. The number of carbonyl (C=O) groups is 1. The standard InChI is InChI=1S/C17H15N5O4/c1-21(2)15-6-4-11(22(25)26)8-13(15)17(24)20-10-3-5-14-12(7-10)16(23)19-9-18-14/h3-9H,1-2H3,(H,20,24)(H,18,19,23). The van der Waals surface area contributed by atoms with Gasteiger partial charge >= 0.3 is 0 Å². The summed E-state index contributed by atoms with van der Waals surface area (Å²) in [5, 5.41) is 14.0. The molecule has 0 spiro atoms. The Morgan fingerprint density at radius 2 is 2.00 bits per heavy atom. The van der Waals surface area contributed by atoms with Gasteiger partial charge in [-0.2, -0.15) is 0 Å². The number of anilines is 2. The number of nitrogens with zero attached hydrogens (tertiary/aromatic N) is 3. The van der Waals surface area contributed by atoms with Crippen LogP contribution in [0.3, 0.4) is 0 Å². The van der Waals surface area contributed by atoms with Gasteiger partial charge in [-0.1, -0.05) is 0 Å². The van der Waals surface area contributed by atoms with Gasteiger partial charge in [-0.25, -0.2) is 4.98 Å². The third-order valence-electron chi connectivity index (χ3n) is 3.82. The van der Waals surface area contributed by atoms with Crippen LogP contribution < -0.4 is 15.8 Å². The first-order valence-corrected chi connectivity index (χ1v) is 7.61. The molecule has 0 atom stereocenters. The van der Waals surface area contributed by atoms with Gasteiger partial charge < -0.3 is 15.2 Å². The second kappa shape index (κ2) is 6.63. The number of fused-ring (bicyclic) bond motifs is 1. The molecule has 0 unspecified atom stereocenters. The van der Waals surface area contributed by atoms with Gasteiger partial charge in [0, 0.05) is 37.6 Å². The van der Waals surface area contributed by atoms with Crippen LogP contribution in [0, 0.1) is 10.1 Å². The summed E-state index contributed by atoms with van der Waals surface area (Å²) in [7, 11) is 3.47. The monoisotopic (exact) mass is 353 g/mol. The SMILES string of the molecule is CN(C)c1ccc([N+](=O)[O-])cc1C(=O)Nc1ccc2nc[nH]c(=O)c2c1. The van der Waals surface area contributed by atoms with Crippen LogP contribution in [0.2, 0.25) is 0 Å². The summed E-state index contributed by atoms with van der Waals surface area (Å²) in [5.41, 5.74) is 1.07. The molecule has 1 amide bonds. The van der Waals surface area contributed by atoms with Gasteiger partial charge in [0.1, 0.15) is 0 Å². The van der Waals surface area contributed by atoms with E-state index in [9.17, 15) is 19.7 Å². The zero-order chi connectivity index (χ0) is 18.8. The fourth-order valence-electron chi connectivity index (χ4n) is 2.55. The predicted octanol–water partition coefficient (Wildman–Crippen LogP) is 2.15. The van der Waals surface area contributed by atoms with Crippen LogP contribution in [0.15, 0.2) is 47.5 Å². The summed E-state index contributed by atoms with van der Waals surface area (Å²) < 4.78 is 0. The number of benzene rings is 2. The van der Waals surface area contributed by atoms with Crippen molar-refractivity contribution in [3.05, 3.63) is 68.8 Å². The van der Waals surface area contributed by atoms with Gasteiger partial charge in [0.05, 0.1) is 27.7 Å². The van der Waals surface area contributed by atoms with Crippen molar-refractivity contribution in [1.82, 2.24) is 9.97 Å². The summed E-state index contributed by atoms with van der Waals surface area (Å²) in [6.45, 7) is 0. The molecule has 0 fully saturated rings. The van der Waals surface area contributed by atoms with E-state index >= 15 is 0 Å². The normalized spacial score (nSPS) is 10.5. The molecule has 0 radical (unpaired) electrons. The van der Waals surface area contributed by atoms with Gasteiger partial charge in [0.25, 0.3) is 17.2 Å². The summed E-state index contributed by atoms with van der Waals surface area (Å²) in [6.07, 6.45) is 1.30. The number of non-ortho nitro benzene ring substituents is 1. The molecule has 0 saturated carbocycles. The smallest absolute Gasteiger partial charge is 0.270 e. The minimum atomic E-state index is -0.558. The van der Waals surface area contributed by atoms with E-state index in [1.165, 1.54) is 30.6 Å². The topological polar surface area (TPSA) is 121 Å². The Bertz CT molecular complexity index is 1070. The summed E-state index contributed by atoms with van der Waals surface area (Å²) in [5.74, 6) is -0.517. The quantitative estimate of drug-likeness (QED) is 0.547. The van der Waals surface area contributed by atoms with Crippen molar-refractivity contribution in [2.45, 2.75) is 0 Å². The van der Waals surface area contributed by atoms with E-state index in [1.807, 2.05) is 0 Å². The zero-order valence-electron chi connectivity index (χ0n) is 14.0. The molecule has 0 aliphatic carbocycles. The van der Waals surface area contributed by atoms with E-state index in [1.54, 1.807) is 31.1 Å². The van der Waals surface area contributed by atoms with Crippen LogP contribution in [0.5, 0.6) is 0 Å². The number of nitro groups is 1. The van der Waals surface area contributed by atoms with E-state index in [0.717, 1.165) is 0 Å². The Hall–Kier alpha value is -3.75. The number of hydrogen-bond acceptors (Lipinski definition) is 6. The van der Waals surface area contributed by atoms with Crippen molar-refractivity contribution in [3.8, 4) is 0 Å². The van der Waals surface area contributed by atoms with Crippen LogP contribution >= 0.6 is 0 Å². The molecule has 3 rings (SSSR count). The molecule has 0 aliphatic heterocycles. The molecule has 2 N–H and O–H groups in total. The molecule has 0 aliphatic rings. The number of amides is 1. The van der Waals surface area contributed by atoms with E-state index in [2.05, 4.69) is 15.3 Å². The van der Waals surface area contributed by atoms with Gasteiger partial charge in [-0.3, -0.25) is 19.7 Å². The fourth-order valence-corrected chi connectivity index (χ4v) is 2.55. The maximum Gasteiger partial charge on any atom is 0.270 e. The first-order chi connectivity index (χ1) is 12.4. The lowest BCUT2D eigenvalue weighted by molar-refractivity contribution is -0.384. The molecule has 9 heteroatoms. The Morgan fingerprint density at radius 1 is 1.23 bits per heavy atom. The van der Waals surface area contributed by atoms with E-state index in [-0.39, 0.29) is 16.8 Å². The average Bonchev–Trinajstić information content (AvgIpc) is 2.61. The maximum absolute atomic E-state index is 12.7. The fraction of sp³-hybridized carbons (Fsp3) is 0.118. The van der Waals surface area contributed by atoms with Crippen molar-refractivity contribution >= 4 is 33.9 Å². The molecule has 1 heterocycles. The summed E-state index contributed by atoms with van der Waals surface area (Å²) >= 11 is 0. The van der Waals surface area contributed by atoms with Crippen LogP contribution in [0.1, 0.15) is 10.4 Å². The second-order valence-corrected chi connectivity index (χ2v) is 5.77. The Balaban J connectivity index is 2.00. The van der Waals surface area contributed by atoms with Gasteiger partial charge in [0.2, 0.25) is 0 Å². The van der Waals surface area contributed by atoms with E-state index < -0.39 is 10.8 Å².